The smallest absolute Gasteiger partial charge is 0.287 e. The van der Waals surface area contributed by atoms with Crippen molar-refractivity contribution in [3.8, 4) is 5.75 Å². The monoisotopic (exact) mass is 357 g/mol. The molecule has 2 saturated heterocycles. The summed E-state index contributed by atoms with van der Waals surface area (Å²) in [6.45, 7) is 2.17. The van der Waals surface area contributed by atoms with Crippen LogP contribution in [0, 0.1) is 6.92 Å². The van der Waals surface area contributed by atoms with Crippen LogP contribution in [0.15, 0.2) is 22.6 Å². The third kappa shape index (κ3) is 2.58. The van der Waals surface area contributed by atoms with Gasteiger partial charge in [0.15, 0.2) is 5.76 Å². The summed E-state index contributed by atoms with van der Waals surface area (Å²) in [7, 11) is 1.57. The Labute approximate surface area is 149 Å². The van der Waals surface area contributed by atoms with Crippen LogP contribution in [0.2, 0.25) is 0 Å². The third-order valence-electron chi connectivity index (χ3n) is 5.02. The van der Waals surface area contributed by atoms with Gasteiger partial charge in [-0.05, 0) is 25.5 Å². The van der Waals surface area contributed by atoms with E-state index in [1.165, 1.54) is 4.90 Å². The van der Waals surface area contributed by atoms with E-state index in [9.17, 15) is 14.4 Å². The lowest BCUT2D eigenvalue weighted by molar-refractivity contribution is -0.143. The number of hydrogen-bond acceptors (Lipinski definition) is 5. The van der Waals surface area contributed by atoms with Crippen molar-refractivity contribution in [2.24, 2.45) is 0 Å². The summed E-state index contributed by atoms with van der Waals surface area (Å²) in [6.07, 6.45) is 0.399. The Balaban J connectivity index is 1.54. The molecule has 2 atom stereocenters. The molecule has 2 N–H and O–H groups in total. The summed E-state index contributed by atoms with van der Waals surface area (Å²) in [4.78, 5) is 38.0. The van der Waals surface area contributed by atoms with Crippen molar-refractivity contribution in [2.45, 2.75) is 25.4 Å². The van der Waals surface area contributed by atoms with Gasteiger partial charge in [-0.15, -0.1) is 0 Å². The molecule has 2 aliphatic heterocycles. The molecule has 0 aliphatic carbocycles. The molecule has 136 valence electrons. The first-order chi connectivity index (χ1) is 12.5. The number of nitrogens with one attached hydrogen (secondary N) is 2. The number of rotatable bonds is 3. The number of aryl methyl sites for hydroxylation is 1. The van der Waals surface area contributed by atoms with Gasteiger partial charge in [0.25, 0.3) is 5.91 Å². The molecule has 3 amide bonds. The molecule has 4 rings (SSSR count). The zero-order valence-electron chi connectivity index (χ0n) is 14.5. The van der Waals surface area contributed by atoms with Crippen LogP contribution in [0.3, 0.4) is 0 Å². The minimum absolute atomic E-state index is 0.0144. The second-order valence-corrected chi connectivity index (χ2v) is 6.60. The van der Waals surface area contributed by atoms with Gasteiger partial charge in [0.05, 0.1) is 13.7 Å². The van der Waals surface area contributed by atoms with Crippen LogP contribution in [0.4, 0.5) is 0 Å². The Bertz CT molecular complexity index is 895. The van der Waals surface area contributed by atoms with E-state index >= 15 is 0 Å². The van der Waals surface area contributed by atoms with E-state index in [0.717, 1.165) is 10.9 Å². The number of benzene rings is 1. The summed E-state index contributed by atoms with van der Waals surface area (Å²) < 4.78 is 10.9. The SMILES string of the molecule is COc1ccc2c(C)c(C(=O)N[C@@H]3C[C@H]4C(=O)NCC(=O)N4C3)oc2c1. The second kappa shape index (κ2) is 6.05. The van der Waals surface area contributed by atoms with Crippen LogP contribution in [0.5, 0.6) is 5.75 Å². The fourth-order valence-corrected chi connectivity index (χ4v) is 3.65. The lowest BCUT2D eigenvalue weighted by atomic mass is 10.1. The summed E-state index contributed by atoms with van der Waals surface area (Å²) >= 11 is 0. The van der Waals surface area contributed by atoms with Gasteiger partial charge in [-0.25, -0.2) is 0 Å². The fraction of sp³-hybridized carbons (Fsp3) is 0.389. The van der Waals surface area contributed by atoms with Crippen molar-refractivity contribution in [2.75, 3.05) is 20.2 Å². The van der Waals surface area contributed by atoms with Crippen LogP contribution in [-0.4, -0.2) is 54.9 Å². The molecule has 1 aromatic heterocycles. The van der Waals surface area contributed by atoms with Gasteiger partial charge in [0.2, 0.25) is 11.8 Å². The van der Waals surface area contributed by atoms with Gasteiger partial charge in [-0.2, -0.15) is 0 Å². The molecule has 26 heavy (non-hydrogen) atoms. The van der Waals surface area contributed by atoms with E-state index < -0.39 is 6.04 Å². The highest BCUT2D eigenvalue weighted by Crippen LogP contribution is 2.29. The number of fused-ring (bicyclic) bond motifs is 2. The highest BCUT2D eigenvalue weighted by atomic mass is 16.5. The molecule has 2 fully saturated rings. The predicted molar refractivity (Wildman–Crippen MR) is 91.9 cm³/mol. The van der Waals surface area contributed by atoms with Gasteiger partial charge in [0.1, 0.15) is 17.4 Å². The van der Waals surface area contributed by atoms with E-state index in [1.807, 2.05) is 19.1 Å². The fourth-order valence-electron chi connectivity index (χ4n) is 3.65. The predicted octanol–water partition coefficient (Wildman–Crippen LogP) is 0.579. The number of ether oxygens (including phenoxy) is 1. The highest BCUT2D eigenvalue weighted by molar-refractivity contribution is 6.00. The first kappa shape index (κ1) is 16.4. The molecule has 0 bridgehead atoms. The number of piperazine rings is 1. The van der Waals surface area contributed by atoms with Crippen molar-refractivity contribution in [3.63, 3.8) is 0 Å². The largest absolute Gasteiger partial charge is 0.497 e. The quantitative estimate of drug-likeness (QED) is 0.837. The normalized spacial score (nSPS) is 22.3. The van der Waals surface area contributed by atoms with Gasteiger partial charge >= 0.3 is 0 Å². The molecular formula is C18H19N3O5. The Morgan fingerprint density at radius 3 is 2.92 bits per heavy atom. The average Bonchev–Trinajstić information content (AvgIpc) is 3.20. The average molecular weight is 357 g/mol. The lowest BCUT2D eigenvalue weighted by Crippen LogP contribution is -2.55. The van der Waals surface area contributed by atoms with E-state index in [4.69, 9.17) is 9.15 Å². The second-order valence-electron chi connectivity index (χ2n) is 6.60. The summed E-state index contributed by atoms with van der Waals surface area (Å²) in [5.41, 5.74) is 1.31. The van der Waals surface area contributed by atoms with E-state index in [0.29, 0.717) is 24.3 Å². The van der Waals surface area contributed by atoms with Crippen molar-refractivity contribution in [1.29, 1.82) is 0 Å². The molecule has 0 spiro atoms. The first-order valence-corrected chi connectivity index (χ1v) is 8.43. The summed E-state index contributed by atoms with van der Waals surface area (Å²) in [5, 5.41) is 6.30. The Morgan fingerprint density at radius 2 is 2.19 bits per heavy atom. The molecular weight excluding hydrogens is 338 g/mol. The maximum absolute atomic E-state index is 12.7. The number of hydrogen-bond donors (Lipinski definition) is 2. The molecule has 0 saturated carbocycles. The zero-order chi connectivity index (χ0) is 18.4. The standard InChI is InChI=1S/C18H19N3O5/c1-9-12-4-3-11(25-2)6-14(12)26-16(9)18(24)20-10-5-13-17(23)19-7-15(22)21(13)8-10/h3-4,6,10,13H,5,7-8H2,1-2H3,(H,19,23)(H,20,24)/t10-,13+/m1/s1. The van der Waals surface area contributed by atoms with Crippen molar-refractivity contribution >= 4 is 28.7 Å². The van der Waals surface area contributed by atoms with Crippen molar-refractivity contribution < 1.29 is 23.5 Å². The van der Waals surface area contributed by atoms with Crippen molar-refractivity contribution in [1.82, 2.24) is 15.5 Å². The van der Waals surface area contributed by atoms with E-state index in [1.54, 1.807) is 13.2 Å². The number of amides is 3. The molecule has 8 nitrogen and oxygen atoms in total. The van der Waals surface area contributed by atoms with Crippen LogP contribution in [-0.2, 0) is 9.59 Å². The molecule has 0 radical (unpaired) electrons. The van der Waals surface area contributed by atoms with Crippen LogP contribution in [0.25, 0.3) is 11.0 Å². The minimum atomic E-state index is -0.511. The number of carbonyl (C=O) groups excluding carboxylic acids is 3. The molecule has 0 unspecified atom stereocenters. The Kier molecular flexibility index (Phi) is 3.82. The van der Waals surface area contributed by atoms with Crippen LogP contribution < -0.4 is 15.4 Å². The first-order valence-electron chi connectivity index (χ1n) is 8.43. The number of carbonyl (C=O) groups is 3. The summed E-state index contributed by atoms with van der Waals surface area (Å²) in [6, 6.07) is 4.59. The minimum Gasteiger partial charge on any atom is -0.497 e. The molecule has 8 heteroatoms. The number of nitrogens with zero attached hydrogens (tertiary/aromatic N) is 1. The van der Waals surface area contributed by atoms with E-state index in [2.05, 4.69) is 10.6 Å². The zero-order valence-corrected chi connectivity index (χ0v) is 14.5. The van der Waals surface area contributed by atoms with Gasteiger partial charge in [-0.3, -0.25) is 14.4 Å². The topological polar surface area (TPSA) is 101 Å². The Morgan fingerprint density at radius 1 is 1.38 bits per heavy atom. The lowest BCUT2D eigenvalue weighted by Gasteiger charge is -2.28. The van der Waals surface area contributed by atoms with Crippen LogP contribution >= 0.6 is 0 Å². The van der Waals surface area contributed by atoms with Gasteiger partial charge < -0.3 is 24.7 Å². The molecule has 1 aromatic carbocycles. The van der Waals surface area contributed by atoms with E-state index in [-0.39, 0.29) is 36.1 Å². The maximum atomic E-state index is 12.7. The molecule has 3 heterocycles. The Hall–Kier alpha value is -3.03. The van der Waals surface area contributed by atoms with Gasteiger partial charge in [0, 0.05) is 29.6 Å². The van der Waals surface area contributed by atoms with Gasteiger partial charge in [-0.1, -0.05) is 0 Å². The third-order valence-corrected chi connectivity index (χ3v) is 5.02. The highest BCUT2D eigenvalue weighted by Gasteiger charge is 2.43. The number of methoxy groups -OCH3 is 1. The summed E-state index contributed by atoms with van der Waals surface area (Å²) in [5.74, 6) is 0.228. The van der Waals surface area contributed by atoms with Crippen molar-refractivity contribution in [3.05, 3.63) is 29.5 Å². The molecule has 2 aromatic rings. The number of furan rings is 1. The molecule has 2 aliphatic rings. The maximum Gasteiger partial charge on any atom is 0.287 e. The van der Waals surface area contributed by atoms with Crippen LogP contribution in [0.1, 0.15) is 22.5 Å².